The number of hydrogen-bond acceptors (Lipinski definition) is 2. The van der Waals surface area contributed by atoms with E-state index in [0.717, 1.165) is 19.5 Å². The van der Waals surface area contributed by atoms with Gasteiger partial charge in [-0.15, -0.1) is 11.8 Å². The molecule has 1 aliphatic heterocycles. The van der Waals surface area contributed by atoms with Gasteiger partial charge in [-0.3, -0.25) is 0 Å². The maximum atomic E-state index is 6.30. The standard InChI is InChI=1S/C15H25NO/c1-2-3-7-12-16-13-14-8-11-15(17-14)9-5-4-6-10-15/h14,16H,4-13H2,1H3. The van der Waals surface area contributed by atoms with Crippen LogP contribution in [0, 0.1) is 11.8 Å². The molecule has 2 heteroatoms. The van der Waals surface area contributed by atoms with Gasteiger partial charge in [-0.05, 0) is 32.6 Å². The third-order valence-corrected chi connectivity index (χ3v) is 4.08. The summed E-state index contributed by atoms with van der Waals surface area (Å²) in [5, 5.41) is 3.46. The third kappa shape index (κ3) is 3.72. The average Bonchev–Trinajstić information content (AvgIpc) is 2.73. The molecule has 1 unspecified atom stereocenters. The minimum atomic E-state index is 0.272. The molecule has 1 spiro atoms. The second-order valence-electron chi connectivity index (χ2n) is 5.40. The Morgan fingerprint density at radius 1 is 1.24 bits per heavy atom. The Morgan fingerprint density at radius 2 is 2.06 bits per heavy atom. The number of ether oxygens (including phenoxy) is 1. The summed E-state index contributed by atoms with van der Waals surface area (Å²) in [5.74, 6) is 6.00. The van der Waals surface area contributed by atoms with E-state index in [2.05, 4.69) is 17.2 Å². The van der Waals surface area contributed by atoms with Crippen molar-refractivity contribution in [1.29, 1.82) is 0 Å². The van der Waals surface area contributed by atoms with E-state index in [0.29, 0.717) is 6.10 Å². The molecule has 1 aliphatic carbocycles. The molecular formula is C15H25NO. The quantitative estimate of drug-likeness (QED) is 0.597. The van der Waals surface area contributed by atoms with Crippen molar-refractivity contribution in [3.63, 3.8) is 0 Å². The predicted octanol–water partition coefficient (Wildman–Crippen LogP) is 2.87. The minimum Gasteiger partial charge on any atom is -0.370 e. The van der Waals surface area contributed by atoms with Crippen molar-refractivity contribution >= 4 is 0 Å². The first kappa shape index (κ1) is 12.9. The predicted molar refractivity (Wildman–Crippen MR) is 70.9 cm³/mol. The molecule has 2 rings (SSSR count). The second-order valence-corrected chi connectivity index (χ2v) is 5.40. The largest absolute Gasteiger partial charge is 0.370 e. The zero-order valence-electron chi connectivity index (χ0n) is 11.1. The van der Waals surface area contributed by atoms with E-state index in [4.69, 9.17) is 4.74 Å². The van der Waals surface area contributed by atoms with Gasteiger partial charge in [0.2, 0.25) is 0 Å². The van der Waals surface area contributed by atoms with Crippen LogP contribution in [0.4, 0.5) is 0 Å². The Hall–Kier alpha value is -0.520. The summed E-state index contributed by atoms with van der Waals surface area (Å²) in [4.78, 5) is 0. The van der Waals surface area contributed by atoms with E-state index < -0.39 is 0 Å². The Balaban J connectivity index is 1.65. The van der Waals surface area contributed by atoms with Crippen LogP contribution in [0.15, 0.2) is 0 Å². The topological polar surface area (TPSA) is 21.3 Å². The lowest BCUT2D eigenvalue weighted by molar-refractivity contribution is -0.0622. The van der Waals surface area contributed by atoms with Crippen LogP contribution >= 0.6 is 0 Å². The van der Waals surface area contributed by atoms with E-state index in [-0.39, 0.29) is 5.60 Å². The first-order chi connectivity index (χ1) is 8.35. The van der Waals surface area contributed by atoms with Gasteiger partial charge in [0.1, 0.15) is 0 Å². The number of hydrogen-bond donors (Lipinski definition) is 1. The molecule has 0 radical (unpaired) electrons. The SMILES string of the molecule is CC#CCCNCC1CCC2(CCCCC2)O1. The van der Waals surface area contributed by atoms with E-state index in [9.17, 15) is 0 Å². The maximum absolute atomic E-state index is 6.30. The summed E-state index contributed by atoms with van der Waals surface area (Å²) >= 11 is 0. The highest BCUT2D eigenvalue weighted by molar-refractivity contribution is 4.95. The molecule has 0 amide bonds. The summed E-state index contributed by atoms with van der Waals surface area (Å²) in [5.41, 5.74) is 0.272. The van der Waals surface area contributed by atoms with Gasteiger partial charge in [-0.1, -0.05) is 19.3 Å². The molecule has 2 fully saturated rings. The highest BCUT2D eigenvalue weighted by atomic mass is 16.5. The third-order valence-electron chi connectivity index (χ3n) is 4.08. The van der Waals surface area contributed by atoms with Crippen LogP contribution in [0.2, 0.25) is 0 Å². The van der Waals surface area contributed by atoms with E-state index in [1.807, 2.05) is 6.92 Å². The molecule has 1 heterocycles. The molecule has 1 saturated heterocycles. The highest BCUT2D eigenvalue weighted by Gasteiger charge is 2.40. The highest BCUT2D eigenvalue weighted by Crippen LogP contribution is 2.41. The van der Waals surface area contributed by atoms with E-state index in [1.165, 1.54) is 44.9 Å². The van der Waals surface area contributed by atoms with Crippen molar-refractivity contribution in [1.82, 2.24) is 5.32 Å². The van der Waals surface area contributed by atoms with Gasteiger partial charge in [0, 0.05) is 19.5 Å². The summed E-state index contributed by atoms with van der Waals surface area (Å²) in [7, 11) is 0. The first-order valence-electron chi connectivity index (χ1n) is 7.13. The van der Waals surface area contributed by atoms with Crippen LogP contribution in [0.5, 0.6) is 0 Å². The van der Waals surface area contributed by atoms with Crippen molar-refractivity contribution in [2.24, 2.45) is 0 Å². The van der Waals surface area contributed by atoms with Crippen molar-refractivity contribution in [2.75, 3.05) is 13.1 Å². The molecule has 2 aliphatic rings. The van der Waals surface area contributed by atoms with Crippen molar-refractivity contribution in [3.8, 4) is 11.8 Å². The molecule has 1 N–H and O–H groups in total. The lowest BCUT2D eigenvalue weighted by Gasteiger charge is -2.33. The molecule has 1 saturated carbocycles. The molecule has 1 atom stereocenters. The van der Waals surface area contributed by atoms with Crippen molar-refractivity contribution in [2.45, 2.75) is 70.0 Å². The Morgan fingerprint density at radius 3 is 2.82 bits per heavy atom. The Kier molecular flexibility index (Phi) is 4.88. The average molecular weight is 235 g/mol. The van der Waals surface area contributed by atoms with Gasteiger partial charge in [-0.2, -0.15) is 0 Å². The molecule has 0 aromatic heterocycles. The fourth-order valence-electron chi connectivity index (χ4n) is 3.14. The van der Waals surface area contributed by atoms with Crippen molar-refractivity contribution in [3.05, 3.63) is 0 Å². The van der Waals surface area contributed by atoms with Crippen LogP contribution in [-0.4, -0.2) is 24.8 Å². The van der Waals surface area contributed by atoms with Gasteiger partial charge < -0.3 is 10.1 Å². The van der Waals surface area contributed by atoms with Crippen molar-refractivity contribution < 1.29 is 4.74 Å². The van der Waals surface area contributed by atoms with Gasteiger partial charge in [0.05, 0.1) is 11.7 Å². The lowest BCUT2D eigenvalue weighted by Crippen LogP contribution is -2.34. The summed E-state index contributed by atoms with van der Waals surface area (Å²) < 4.78 is 6.30. The van der Waals surface area contributed by atoms with E-state index in [1.54, 1.807) is 0 Å². The molecule has 17 heavy (non-hydrogen) atoms. The zero-order valence-corrected chi connectivity index (χ0v) is 11.1. The lowest BCUT2D eigenvalue weighted by atomic mass is 9.83. The number of nitrogens with one attached hydrogen (secondary N) is 1. The summed E-state index contributed by atoms with van der Waals surface area (Å²) in [6, 6.07) is 0. The van der Waals surface area contributed by atoms with Crippen LogP contribution < -0.4 is 5.32 Å². The van der Waals surface area contributed by atoms with E-state index >= 15 is 0 Å². The Labute approximate surface area is 105 Å². The molecule has 0 aromatic carbocycles. The van der Waals surface area contributed by atoms with Crippen LogP contribution in [0.1, 0.15) is 58.3 Å². The smallest absolute Gasteiger partial charge is 0.0708 e. The number of rotatable bonds is 4. The molecular weight excluding hydrogens is 210 g/mol. The zero-order chi connectivity index (χ0) is 12.0. The van der Waals surface area contributed by atoms with Gasteiger partial charge >= 0.3 is 0 Å². The first-order valence-corrected chi connectivity index (χ1v) is 7.13. The summed E-state index contributed by atoms with van der Waals surface area (Å²) in [6.07, 6.45) is 10.7. The van der Waals surface area contributed by atoms with Gasteiger partial charge in [-0.25, -0.2) is 0 Å². The van der Waals surface area contributed by atoms with Crippen LogP contribution in [-0.2, 0) is 4.74 Å². The van der Waals surface area contributed by atoms with Gasteiger partial charge in [0.25, 0.3) is 0 Å². The Bertz CT molecular complexity index is 283. The fourth-order valence-corrected chi connectivity index (χ4v) is 3.14. The molecule has 2 nitrogen and oxygen atoms in total. The minimum absolute atomic E-state index is 0.272. The van der Waals surface area contributed by atoms with Crippen LogP contribution in [0.3, 0.4) is 0 Å². The molecule has 0 aromatic rings. The maximum Gasteiger partial charge on any atom is 0.0708 e. The monoisotopic (exact) mass is 235 g/mol. The molecule has 0 bridgehead atoms. The molecule has 96 valence electrons. The summed E-state index contributed by atoms with van der Waals surface area (Å²) in [6.45, 7) is 3.90. The fraction of sp³-hybridized carbons (Fsp3) is 0.867. The van der Waals surface area contributed by atoms with Gasteiger partial charge in [0.15, 0.2) is 0 Å². The normalized spacial score (nSPS) is 26.8. The van der Waals surface area contributed by atoms with Crippen LogP contribution in [0.25, 0.3) is 0 Å². The second kappa shape index (κ2) is 6.42.